The molecule has 10 heteroatoms. The molecule has 0 saturated carbocycles. The second-order valence-corrected chi connectivity index (χ2v) is 7.24. The molecule has 1 saturated heterocycles. The van der Waals surface area contributed by atoms with E-state index >= 15 is 0 Å². The van der Waals surface area contributed by atoms with Gasteiger partial charge in [0.25, 0.3) is 5.56 Å². The molecule has 124 valence electrons. The average molecular weight is 334 g/mol. The molecule has 0 aliphatic carbocycles. The van der Waals surface area contributed by atoms with Crippen LogP contribution in [-0.4, -0.2) is 44.5 Å². The molecule has 0 radical (unpaired) electrons. The first-order valence-corrected chi connectivity index (χ1v) is 8.62. The van der Waals surface area contributed by atoms with Gasteiger partial charge in [-0.05, 0) is 6.92 Å². The lowest BCUT2D eigenvalue weighted by molar-refractivity contribution is -0.0432. The summed E-state index contributed by atoms with van der Waals surface area (Å²) in [6, 6.07) is 0. The number of hydrogen-bond donors (Lipinski definition) is 3. The largest absolute Gasteiger partial charge is 0.394 e. The van der Waals surface area contributed by atoms with Crippen LogP contribution in [0.2, 0.25) is 0 Å². The molecule has 0 spiro atoms. The van der Waals surface area contributed by atoms with Crippen LogP contribution in [0.5, 0.6) is 0 Å². The summed E-state index contributed by atoms with van der Waals surface area (Å²) in [5.74, 6) is 0. The minimum absolute atomic E-state index is 0.0654. The highest BCUT2D eigenvalue weighted by atomic mass is 31.2. The Kier molecular flexibility index (Phi) is 5.03. The molecule has 3 N–H and O–H groups in total. The summed E-state index contributed by atoms with van der Waals surface area (Å²) in [6.45, 7) is 2.64. The van der Waals surface area contributed by atoms with Crippen LogP contribution in [0.1, 0.15) is 25.1 Å². The fourth-order valence-corrected chi connectivity index (χ4v) is 3.03. The maximum atomic E-state index is 11.8. The van der Waals surface area contributed by atoms with Gasteiger partial charge < -0.3 is 19.3 Å². The van der Waals surface area contributed by atoms with Crippen molar-refractivity contribution in [1.29, 1.82) is 0 Å². The first kappa shape index (κ1) is 17.1. The summed E-state index contributed by atoms with van der Waals surface area (Å²) in [6.07, 6.45) is -1.03. The van der Waals surface area contributed by atoms with Crippen LogP contribution in [-0.2, 0) is 13.8 Å². The van der Waals surface area contributed by atoms with Gasteiger partial charge in [-0.2, -0.15) is 0 Å². The summed E-state index contributed by atoms with van der Waals surface area (Å²) in [5.41, 5.74) is -0.813. The maximum Gasteiger partial charge on any atom is 0.330 e. The second kappa shape index (κ2) is 6.47. The highest BCUT2D eigenvalue weighted by molar-refractivity contribution is 7.52. The van der Waals surface area contributed by atoms with Crippen molar-refractivity contribution >= 4 is 7.60 Å². The molecule has 0 bridgehead atoms. The van der Waals surface area contributed by atoms with E-state index in [1.807, 2.05) is 0 Å². The first-order chi connectivity index (χ1) is 10.3. The minimum atomic E-state index is -3.76. The number of hydrogen-bond acceptors (Lipinski definition) is 6. The van der Waals surface area contributed by atoms with E-state index in [0.29, 0.717) is 5.56 Å². The third-order valence-electron chi connectivity index (χ3n) is 3.52. The van der Waals surface area contributed by atoms with Crippen LogP contribution in [0, 0.1) is 6.92 Å². The van der Waals surface area contributed by atoms with Gasteiger partial charge in [-0.1, -0.05) is 6.92 Å². The normalized spacial score (nSPS) is 27.7. The van der Waals surface area contributed by atoms with E-state index in [9.17, 15) is 24.2 Å². The maximum absolute atomic E-state index is 11.8. The highest BCUT2D eigenvalue weighted by Gasteiger charge is 2.40. The van der Waals surface area contributed by atoms with E-state index in [2.05, 4.69) is 4.98 Å². The van der Waals surface area contributed by atoms with Gasteiger partial charge in [-0.3, -0.25) is 18.9 Å². The molecular formula is C12H19N2O7P. The number of nitrogens with one attached hydrogen (secondary N) is 1. The van der Waals surface area contributed by atoms with Crippen LogP contribution < -0.4 is 11.2 Å². The fourth-order valence-electron chi connectivity index (χ4n) is 2.23. The molecule has 2 rings (SSSR count). The number of aliphatic hydroxyl groups is 1. The molecular weight excluding hydrogens is 315 g/mol. The third kappa shape index (κ3) is 3.56. The van der Waals surface area contributed by atoms with Crippen LogP contribution in [0.15, 0.2) is 15.8 Å². The third-order valence-corrected chi connectivity index (χ3v) is 4.92. The molecule has 1 aromatic heterocycles. The smallest absolute Gasteiger partial charge is 0.330 e. The highest BCUT2D eigenvalue weighted by Crippen LogP contribution is 2.46. The number of aryl methyl sites for hydroxylation is 1. The van der Waals surface area contributed by atoms with Crippen molar-refractivity contribution in [1.82, 2.24) is 9.55 Å². The monoisotopic (exact) mass is 334 g/mol. The number of aromatic nitrogens is 2. The van der Waals surface area contributed by atoms with Crippen molar-refractivity contribution < 1.29 is 23.8 Å². The Hall–Kier alpha value is -1.25. The zero-order chi connectivity index (χ0) is 16.5. The zero-order valence-corrected chi connectivity index (χ0v) is 13.2. The Morgan fingerprint density at radius 1 is 1.55 bits per heavy atom. The standard InChI is InChI=1S/C12H19N2O7P/c1-3-22(18,19)21-8-4-10(20-9(8)6-15)14-5-7(2)11(16)13-12(14)17/h5,8-10,15H,3-4,6H2,1-2H3,(H,18,19)(H,13,16,17)/t8-,9+,10+/m0/s1. The molecule has 1 unspecified atom stereocenters. The molecule has 1 aromatic rings. The summed E-state index contributed by atoms with van der Waals surface area (Å²) < 4.78 is 23.5. The summed E-state index contributed by atoms with van der Waals surface area (Å²) in [4.78, 5) is 34.9. The number of nitrogens with zero attached hydrogens (tertiary/aromatic N) is 1. The Balaban J connectivity index is 2.25. The first-order valence-electron chi connectivity index (χ1n) is 6.86. The Bertz CT molecular complexity index is 697. The van der Waals surface area contributed by atoms with Gasteiger partial charge in [0.05, 0.1) is 12.7 Å². The van der Waals surface area contributed by atoms with Crippen molar-refractivity contribution in [2.45, 2.75) is 38.7 Å². The van der Waals surface area contributed by atoms with Crippen molar-refractivity contribution in [3.8, 4) is 0 Å². The Morgan fingerprint density at radius 2 is 2.23 bits per heavy atom. The lowest BCUT2D eigenvalue weighted by Gasteiger charge is -2.19. The molecule has 1 fully saturated rings. The lowest BCUT2D eigenvalue weighted by atomic mass is 10.2. The van der Waals surface area contributed by atoms with Gasteiger partial charge in [0.1, 0.15) is 12.3 Å². The van der Waals surface area contributed by atoms with Gasteiger partial charge in [0.15, 0.2) is 0 Å². The summed E-state index contributed by atoms with van der Waals surface area (Å²) in [7, 11) is -3.76. The van der Waals surface area contributed by atoms with E-state index in [1.54, 1.807) is 6.92 Å². The molecule has 2 heterocycles. The van der Waals surface area contributed by atoms with E-state index in [4.69, 9.17) is 9.26 Å². The summed E-state index contributed by atoms with van der Waals surface area (Å²) >= 11 is 0. The van der Waals surface area contributed by atoms with Crippen LogP contribution in [0.4, 0.5) is 0 Å². The molecule has 0 amide bonds. The number of aromatic amines is 1. The van der Waals surface area contributed by atoms with Gasteiger partial charge in [0, 0.05) is 24.3 Å². The summed E-state index contributed by atoms with van der Waals surface area (Å²) in [5, 5.41) is 9.32. The predicted molar refractivity (Wildman–Crippen MR) is 76.9 cm³/mol. The lowest BCUT2D eigenvalue weighted by Crippen LogP contribution is -2.33. The van der Waals surface area contributed by atoms with Crippen LogP contribution >= 0.6 is 7.60 Å². The van der Waals surface area contributed by atoms with Crippen LogP contribution in [0.25, 0.3) is 0 Å². The number of rotatable bonds is 5. The average Bonchev–Trinajstić information content (AvgIpc) is 2.84. The second-order valence-electron chi connectivity index (χ2n) is 5.12. The van der Waals surface area contributed by atoms with Crippen LogP contribution in [0.3, 0.4) is 0 Å². The number of aliphatic hydroxyl groups excluding tert-OH is 1. The fraction of sp³-hybridized carbons (Fsp3) is 0.667. The number of ether oxygens (including phenoxy) is 1. The Morgan fingerprint density at radius 3 is 2.82 bits per heavy atom. The van der Waals surface area contributed by atoms with Crippen molar-refractivity contribution in [3.63, 3.8) is 0 Å². The van der Waals surface area contributed by atoms with Gasteiger partial charge in [0.2, 0.25) is 0 Å². The van der Waals surface area contributed by atoms with E-state index in [0.717, 1.165) is 0 Å². The van der Waals surface area contributed by atoms with E-state index < -0.39 is 43.9 Å². The predicted octanol–water partition coefficient (Wildman–Crippen LogP) is -0.285. The van der Waals surface area contributed by atoms with Gasteiger partial charge in [-0.25, -0.2) is 4.79 Å². The molecule has 9 nitrogen and oxygen atoms in total. The molecule has 1 aliphatic heterocycles. The molecule has 22 heavy (non-hydrogen) atoms. The van der Waals surface area contributed by atoms with Crippen molar-refractivity contribution in [2.24, 2.45) is 0 Å². The minimum Gasteiger partial charge on any atom is -0.394 e. The van der Waals surface area contributed by atoms with Gasteiger partial charge >= 0.3 is 13.3 Å². The number of H-pyrrole nitrogens is 1. The van der Waals surface area contributed by atoms with E-state index in [1.165, 1.54) is 17.7 Å². The SMILES string of the molecule is CCP(=O)(O)O[C@H]1C[C@H](n2cc(C)c(=O)[nH]c2=O)O[C@@H]1CO. The van der Waals surface area contributed by atoms with Crippen molar-refractivity contribution in [2.75, 3.05) is 12.8 Å². The molecule has 0 aromatic carbocycles. The molecule has 1 aliphatic rings. The van der Waals surface area contributed by atoms with Crippen molar-refractivity contribution in [3.05, 3.63) is 32.6 Å². The zero-order valence-electron chi connectivity index (χ0n) is 12.3. The van der Waals surface area contributed by atoms with Gasteiger partial charge in [-0.15, -0.1) is 0 Å². The molecule has 4 atom stereocenters. The Labute approximate surface area is 126 Å². The quantitative estimate of drug-likeness (QED) is 0.631. The topological polar surface area (TPSA) is 131 Å². The van der Waals surface area contributed by atoms with E-state index in [-0.39, 0.29) is 12.6 Å².